The minimum Gasteiger partial charge on any atom is -0.497 e. The average molecular weight is 555 g/mol. The Morgan fingerprint density at radius 3 is 2.22 bits per heavy atom. The molecule has 8 nitrogen and oxygen atoms in total. The fraction of sp³-hybridized carbons (Fsp3) is 0.250. The molecule has 1 amide bonds. The van der Waals surface area contributed by atoms with Crippen molar-refractivity contribution >= 4 is 39.0 Å². The van der Waals surface area contributed by atoms with Crippen LogP contribution in [-0.4, -0.2) is 52.6 Å². The number of nitrogens with zero attached hydrogens (tertiary/aromatic N) is 3. The summed E-state index contributed by atoms with van der Waals surface area (Å²) in [7, 11) is -2.87. The van der Waals surface area contributed by atoms with Crippen LogP contribution in [0.1, 0.15) is 15.9 Å². The Morgan fingerprint density at radius 2 is 1.65 bits per heavy atom. The molecule has 1 N–H and O–H groups in total. The first-order chi connectivity index (χ1) is 17.5. The van der Waals surface area contributed by atoms with Gasteiger partial charge in [0.25, 0.3) is 15.9 Å². The van der Waals surface area contributed by atoms with E-state index in [0.717, 1.165) is 29.8 Å². The van der Waals surface area contributed by atoms with E-state index >= 15 is 0 Å². The van der Waals surface area contributed by atoms with Gasteiger partial charge < -0.3 is 14.5 Å². The van der Waals surface area contributed by atoms with Crippen LogP contribution in [0.4, 0.5) is 24.7 Å². The van der Waals surface area contributed by atoms with Crippen LogP contribution >= 0.6 is 11.6 Å². The zero-order chi connectivity index (χ0) is 26.8. The number of pyridine rings is 1. The number of methoxy groups -OCH3 is 1. The molecule has 4 rings (SSSR count). The molecule has 37 heavy (non-hydrogen) atoms. The second-order valence-corrected chi connectivity index (χ2v) is 10.3. The van der Waals surface area contributed by atoms with E-state index in [1.165, 1.54) is 12.1 Å². The average Bonchev–Trinajstić information content (AvgIpc) is 2.88. The first kappa shape index (κ1) is 26.6. The van der Waals surface area contributed by atoms with Crippen molar-refractivity contribution in [2.75, 3.05) is 43.1 Å². The zero-order valence-corrected chi connectivity index (χ0v) is 21.1. The van der Waals surface area contributed by atoms with Gasteiger partial charge >= 0.3 is 6.18 Å². The summed E-state index contributed by atoms with van der Waals surface area (Å²) in [6, 6.07) is 12.9. The molecule has 1 aromatic heterocycles. The van der Waals surface area contributed by atoms with E-state index in [4.69, 9.17) is 16.3 Å². The Hall–Kier alpha value is -3.51. The quantitative estimate of drug-likeness (QED) is 0.488. The minimum atomic E-state index is -4.90. The fourth-order valence-corrected chi connectivity index (χ4v) is 4.97. The highest BCUT2D eigenvalue weighted by atomic mass is 35.5. The van der Waals surface area contributed by atoms with Crippen molar-refractivity contribution in [1.29, 1.82) is 0 Å². The van der Waals surface area contributed by atoms with Crippen molar-refractivity contribution in [3.8, 4) is 5.75 Å². The van der Waals surface area contributed by atoms with Gasteiger partial charge in [-0.3, -0.25) is 4.79 Å². The maximum atomic E-state index is 13.3. The number of hydrogen-bond donors (Lipinski definition) is 1. The SMILES string of the molecule is COc1ccc(N2CCN(c3ccc(S(=O)(=O)NC(=O)c4ccc(Cl)cc4C(F)(F)F)cn3)CC2)cc1. The third kappa shape index (κ3) is 6.08. The number of aromatic nitrogens is 1. The van der Waals surface area contributed by atoms with Crippen molar-refractivity contribution in [2.45, 2.75) is 11.1 Å². The van der Waals surface area contributed by atoms with E-state index in [0.29, 0.717) is 38.1 Å². The second-order valence-electron chi connectivity index (χ2n) is 8.15. The van der Waals surface area contributed by atoms with Gasteiger partial charge in [0, 0.05) is 43.1 Å². The lowest BCUT2D eigenvalue weighted by atomic mass is 10.1. The van der Waals surface area contributed by atoms with Crippen LogP contribution in [0, 0.1) is 0 Å². The molecule has 0 spiro atoms. The second kappa shape index (κ2) is 10.5. The van der Waals surface area contributed by atoms with E-state index in [-0.39, 0.29) is 9.92 Å². The summed E-state index contributed by atoms with van der Waals surface area (Å²) >= 11 is 5.62. The molecular weight excluding hydrogens is 533 g/mol. The van der Waals surface area contributed by atoms with Gasteiger partial charge in [-0.1, -0.05) is 11.6 Å². The summed E-state index contributed by atoms with van der Waals surface area (Å²) in [6.07, 6.45) is -3.84. The van der Waals surface area contributed by atoms with E-state index < -0.39 is 33.2 Å². The molecule has 1 fully saturated rings. The smallest absolute Gasteiger partial charge is 0.417 e. The summed E-state index contributed by atoms with van der Waals surface area (Å²) in [5.41, 5.74) is -1.14. The molecule has 2 aromatic carbocycles. The number of sulfonamides is 1. The number of ether oxygens (including phenoxy) is 1. The number of carbonyl (C=O) groups excluding carboxylic acids is 1. The Balaban J connectivity index is 1.42. The number of piperazine rings is 1. The maximum Gasteiger partial charge on any atom is 0.417 e. The van der Waals surface area contributed by atoms with Gasteiger partial charge in [-0.2, -0.15) is 13.2 Å². The number of rotatable bonds is 6. The third-order valence-corrected chi connectivity index (χ3v) is 7.38. The molecular formula is C24H22ClF3N4O4S. The molecule has 0 atom stereocenters. The first-order valence-electron chi connectivity index (χ1n) is 11.0. The summed E-state index contributed by atoms with van der Waals surface area (Å²) in [6.45, 7) is 2.71. The normalized spacial score (nSPS) is 14.4. The van der Waals surface area contributed by atoms with Crippen LogP contribution < -0.4 is 19.3 Å². The first-order valence-corrected chi connectivity index (χ1v) is 12.9. The number of anilines is 2. The molecule has 196 valence electrons. The van der Waals surface area contributed by atoms with Gasteiger partial charge in [-0.05, 0) is 54.6 Å². The predicted octanol–water partition coefficient (Wildman–Crippen LogP) is 4.21. The molecule has 0 saturated carbocycles. The Labute approximate surface area is 216 Å². The summed E-state index contributed by atoms with van der Waals surface area (Å²) in [5.74, 6) is -0.119. The van der Waals surface area contributed by atoms with Crippen LogP contribution in [0.5, 0.6) is 5.75 Å². The lowest BCUT2D eigenvalue weighted by Gasteiger charge is -2.36. The number of halogens is 4. The highest BCUT2D eigenvalue weighted by Gasteiger charge is 2.36. The van der Waals surface area contributed by atoms with Gasteiger partial charge in [0.15, 0.2) is 0 Å². The van der Waals surface area contributed by atoms with Crippen molar-refractivity contribution in [3.05, 3.63) is 76.9 Å². The van der Waals surface area contributed by atoms with Crippen LogP contribution in [-0.2, 0) is 16.2 Å². The Bertz CT molecular complexity index is 1380. The molecule has 3 aromatic rings. The van der Waals surface area contributed by atoms with Gasteiger partial charge in [-0.25, -0.2) is 18.1 Å². The fourth-order valence-electron chi connectivity index (χ4n) is 3.89. The standard InChI is InChI=1S/C24H22ClF3N4O4S/c1-36-18-5-3-17(4-6-18)31-10-12-32(13-11-31)22-9-7-19(15-29-22)37(34,35)30-23(33)20-8-2-16(25)14-21(20)24(26,27)28/h2-9,14-15H,10-13H2,1H3,(H,30,33). The highest BCUT2D eigenvalue weighted by Crippen LogP contribution is 2.34. The van der Waals surface area contributed by atoms with E-state index in [1.54, 1.807) is 11.8 Å². The lowest BCUT2D eigenvalue weighted by Crippen LogP contribution is -2.46. The molecule has 2 heterocycles. The number of benzene rings is 2. The van der Waals surface area contributed by atoms with Gasteiger partial charge in [-0.15, -0.1) is 0 Å². The lowest BCUT2D eigenvalue weighted by molar-refractivity contribution is -0.137. The molecule has 0 aliphatic carbocycles. The van der Waals surface area contributed by atoms with Crippen molar-refractivity contribution in [1.82, 2.24) is 9.71 Å². The molecule has 0 bridgehead atoms. The molecule has 0 radical (unpaired) electrons. The maximum absolute atomic E-state index is 13.3. The summed E-state index contributed by atoms with van der Waals surface area (Å²) in [5, 5.41) is -0.239. The number of hydrogen-bond acceptors (Lipinski definition) is 7. The molecule has 1 aliphatic heterocycles. The van der Waals surface area contributed by atoms with Crippen LogP contribution in [0.25, 0.3) is 0 Å². The molecule has 0 unspecified atom stereocenters. The van der Waals surface area contributed by atoms with Crippen LogP contribution in [0.2, 0.25) is 5.02 Å². The topological polar surface area (TPSA) is 91.8 Å². The van der Waals surface area contributed by atoms with Gasteiger partial charge in [0.1, 0.15) is 16.5 Å². The van der Waals surface area contributed by atoms with E-state index in [2.05, 4.69) is 9.88 Å². The van der Waals surface area contributed by atoms with E-state index in [1.807, 2.05) is 29.2 Å². The largest absolute Gasteiger partial charge is 0.497 e. The number of alkyl halides is 3. The third-order valence-electron chi connectivity index (χ3n) is 5.83. The van der Waals surface area contributed by atoms with Gasteiger partial charge in [0.2, 0.25) is 0 Å². The number of amides is 1. The minimum absolute atomic E-state index is 0.239. The van der Waals surface area contributed by atoms with Crippen LogP contribution in [0.15, 0.2) is 65.7 Å². The van der Waals surface area contributed by atoms with E-state index in [9.17, 15) is 26.4 Å². The van der Waals surface area contributed by atoms with Crippen molar-refractivity contribution in [2.24, 2.45) is 0 Å². The van der Waals surface area contributed by atoms with Crippen molar-refractivity contribution < 1.29 is 31.1 Å². The Morgan fingerprint density at radius 1 is 1.00 bits per heavy atom. The Kier molecular flexibility index (Phi) is 7.51. The van der Waals surface area contributed by atoms with Gasteiger partial charge in [0.05, 0.1) is 18.2 Å². The van der Waals surface area contributed by atoms with Crippen molar-refractivity contribution in [3.63, 3.8) is 0 Å². The molecule has 13 heteroatoms. The monoisotopic (exact) mass is 554 g/mol. The summed E-state index contributed by atoms with van der Waals surface area (Å²) < 4.78 is 72.1. The molecule has 1 aliphatic rings. The van der Waals surface area contributed by atoms with Crippen LogP contribution in [0.3, 0.4) is 0 Å². The number of carbonyl (C=O) groups is 1. The zero-order valence-electron chi connectivity index (χ0n) is 19.5. The predicted molar refractivity (Wildman–Crippen MR) is 133 cm³/mol. The summed E-state index contributed by atoms with van der Waals surface area (Å²) in [4.78, 5) is 20.5. The molecule has 1 saturated heterocycles. The number of nitrogens with one attached hydrogen (secondary N) is 1. The highest BCUT2D eigenvalue weighted by molar-refractivity contribution is 7.90.